The molecular weight excluding hydrogens is 364 g/mol. The van der Waals surface area contributed by atoms with Gasteiger partial charge in [0.05, 0.1) is 0 Å². The van der Waals surface area contributed by atoms with E-state index in [4.69, 9.17) is 0 Å². The van der Waals surface area contributed by atoms with Crippen molar-refractivity contribution in [3.63, 3.8) is 0 Å². The van der Waals surface area contributed by atoms with Crippen molar-refractivity contribution < 1.29 is 0 Å². The summed E-state index contributed by atoms with van der Waals surface area (Å²) in [5.41, 5.74) is 12.5. The molecule has 2 aromatic heterocycles. The second kappa shape index (κ2) is 8.23. The molecule has 0 amide bonds. The number of pyridine rings is 2. The molecule has 0 atom stereocenters. The van der Waals surface area contributed by atoms with Crippen LogP contribution in [0.4, 0.5) is 0 Å². The van der Waals surface area contributed by atoms with Gasteiger partial charge in [-0.1, -0.05) is 38.1 Å². The maximum Gasteiger partial charge on any atom is 0.0346 e. The monoisotopic (exact) mass is 392 g/mol. The third-order valence-electron chi connectivity index (χ3n) is 6.05. The van der Waals surface area contributed by atoms with Gasteiger partial charge in [0.15, 0.2) is 0 Å². The molecular formula is C28H28N2. The molecule has 2 aromatic carbocycles. The third-order valence-corrected chi connectivity index (χ3v) is 6.05. The normalized spacial score (nSPS) is 11.1. The maximum absolute atomic E-state index is 4.60. The summed E-state index contributed by atoms with van der Waals surface area (Å²) in [6, 6.07) is 17.5. The summed E-state index contributed by atoms with van der Waals surface area (Å²) < 4.78 is 0. The van der Waals surface area contributed by atoms with Crippen LogP contribution in [0, 0.1) is 20.8 Å². The largest absolute Gasteiger partial charge is 0.265 e. The van der Waals surface area contributed by atoms with Crippen molar-refractivity contribution in [2.45, 2.75) is 40.5 Å². The first kappa shape index (κ1) is 20.0. The molecule has 0 unspecified atom stereocenters. The van der Waals surface area contributed by atoms with E-state index >= 15 is 0 Å². The lowest BCUT2D eigenvalue weighted by molar-refractivity contribution is 0.857. The Kier molecular flexibility index (Phi) is 5.50. The summed E-state index contributed by atoms with van der Waals surface area (Å²) >= 11 is 0. The van der Waals surface area contributed by atoms with Crippen molar-refractivity contribution in [3.8, 4) is 33.4 Å². The predicted octanol–water partition coefficient (Wildman–Crippen LogP) is 7.53. The molecule has 0 saturated heterocycles. The molecule has 4 rings (SSSR count). The van der Waals surface area contributed by atoms with Gasteiger partial charge >= 0.3 is 0 Å². The maximum atomic E-state index is 4.60. The topological polar surface area (TPSA) is 25.8 Å². The Bertz CT molecular complexity index is 1190. The molecule has 0 N–H and O–H groups in total. The molecule has 0 radical (unpaired) electrons. The highest BCUT2D eigenvalue weighted by Crippen LogP contribution is 2.36. The van der Waals surface area contributed by atoms with Crippen molar-refractivity contribution in [2.75, 3.05) is 0 Å². The summed E-state index contributed by atoms with van der Waals surface area (Å²) in [4.78, 5) is 8.79. The molecule has 2 heterocycles. The molecule has 4 aromatic rings. The Morgan fingerprint density at radius 3 is 2.10 bits per heavy atom. The standard InChI is InChI=1S/C28H28N2/c1-18(2)27-14-23(15-28(21(27)5)22-9-11-29-12-10-22)24-13-25(17-30-16-24)26-8-6-7-19(3)20(26)4/h6-18H,1-5H3. The number of benzene rings is 2. The number of aromatic nitrogens is 2. The molecule has 0 saturated carbocycles. The van der Waals surface area contributed by atoms with Gasteiger partial charge in [0.1, 0.15) is 0 Å². The molecule has 150 valence electrons. The van der Waals surface area contributed by atoms with Crippen LogP contribution in [0.25, 0.3) is 33.4 Å². The first-order valence-corrected chi connectivity index (χ1v) is 10.5. The minimum absolute atomic E-state index is 0.445. The van der Waals surface area contributed by atoms with Gasteiger partial charge in [-0.2, -0.15) is 0 Å². The van der Waals surface area contributed by atoms with Crippen molar-refractivity contribution in [1.29, 1.82) is 0 Å². The smallest absolute Gasteiger partial charge is 0.0346 e. The molecule has 2 nitrogen and oxygen atoms in total. The number of nitrogens with zero attached hydrogens (tertiary/aromatic N) is 2. The van der Waals surface area contributed by atoms with Crippen LogP contribution in [0.15, 0.2) is 73.3 Å². The zero-order chi connectivity index (χ0) is 21.3. The van der Waals surface area contributed by atoms with E-state index < -0.39 is 0 Å². The summed E-state index contributed by atoms with van der Waals surface area (Å²) in [7, 11) is 0. The van der Waals surface area contributed by atoms with Gasteiger partial charge < -0.3 is 0 Å². The van der Waals surface area contributed by atoms with Gasteiger partial charge in [-0.15, -0.1) is 0 Å². The van der Waals surface area contributed by atoms with Crippen LogP contribution in [-0.2, 0) is 0 Å². The fraction of sp³-hybridized carbons (Fsp3) is 0.214. The van der Waals surface area contributed by atoms with E-state index in [0.717, 1.165) is 11.1 Å². The van der Waals surface area contributed by atoms with Crippen molar-refractivity contribution in [2.24, 2.45) is 0 Å². The predicted molar refractivity (Wildman–Crippen MR) is 127 cm³/mol. The lowest BCUT2D eigenvalue weighted by Gasteiger charge is -2.18. The van der Waals surface area contributed by atoms with Gasteiger partial charge in [0.25, 0.3) is 0 Å². The number of aryl methyl sites for hydroxylation is 1. The Morgan fingerprint density at radius 1 is 0.633 bits per heavy atom. The number of hydrogen-bond donors (Lipinski definition) is 0. The average molecular weight is 393 g/mol. The first-order valence-electron chi connectivity index (χ1n) is 10.5. The zero-order valence-electron chi connectivity index (χ0n) is 18.4. The van der Waals surface area contributed by atoms with E-state index in [1.165, 1.54) is 44.5 Å². The van der Waals surface area contributed by atoms with Crippen molar-refractivity contribution >= 4 is 0 Å². The van der Waals surface area contributed by atoms with Gasteiger partial charge in [-0.05, 0) is 95.5 Å². The first-order chi connectivity index (χ1) is 14.5. The quantitative estimate of drug-likeness (QED) is 0.359. The van der Waals surface area contributed by atoms with Gasteiger partial charge in [-0.25, -0.2) is 0 Å². The zero-order valence-corrected chi connectivity index (χ0v) is 18.4. The average Bonchev–Trinajstić information content (AvgIpc) is 2.76. The SMILES string of the molecule is Cc1cccc(-c2cncc(-c3cc(-c4ccncc4)c(C)c(C(C)C)c3)c2)c1C. The molecule has 0 fully saturated rings. The highest BCUT2D eigenvalue weighted by Gasteiger charge is 2.14. The molecule has 0 spiro atoms. The van der Waals surface area contributed by atoms with E-state index in [9.17, 15) is 0 Å². The van der Waals surface area contributed by atoms with E-state index in [0.29, 0.717) is 5.92 Å². The second-order valence-electron chi connectivity index (χ2n) is 8.34. The number of rotatable bonds is 4. The van der Waals surface area contributed by atoms with E-state index in [-0.39, 0.29) is 0 Å². The van der Waals surface area contributed by atoms with Gasteiger partial charge in [0, 0.05) is 35.9 Å². The Labute approximate surface area is 179 Å². The van der Waals surface area contributed by atoms with Crippen LogP contribution in [-0.4, -0.2) is 9.97 Å². The molecule has 0 aliphatic heterocycles. The summed E-state index contributed by atoms with van der Waals surface area (Å²) in [5, 5.41) is 0. The van der Waals surface area contributed by atoms with Crippen LogP contribution in [0.1, 0.15) is 42.0 Å². The third kappa shape index (κ3) is 3.78. The Morgan fingerprint density at radius 2 is 1.37 bits per heavy atom. The van der Waals surface area contributed by atoms with Crippen LogP contribution in [0.5, 0.6) is 0 Å². The molecule has 2 heteroatoms. The molecule has 30 heavy (non-hydrogen) atoms. The highest BCUT2D eigenvalue weighted by molar-refractivity contribution is 5.79. The Balaban J connectivity index is 1.89. The minimum Gasteiger partial charge on any atom is -0.265 e. The summed E-state index contributed by atoms with van der Waals surface area (Å²) in [6.45, 7) is 11.1. The van der Waals surface area contributed by atoms with E-state index in [1.54, 1.807) is 0 Å². The molecule has 0 aliphatic rings. The van der Waals surface area contributed by atoms with Crippen LogP contribution >= 0.6 is 0 Å². The summed E-state index contributed by atoms with van der Waals surface area (Å²) in [6.07, 6.45) is 7.66. The Hall–Kier alpha value is -3.26. The second-order valence-corrected chi connectivity index (χ2v) is 8.34. The fourth-order valence-electron chi connectivity index (χ4n) is 4.14. The van der Waals surface area contributed by atoms with Crippen molar-refractivity contribution in [1.82, 2.24) is 9.97 Å². The highest BCUT2D eigenvalue weighted by atomic mass is 14.6. The van der Waals surface area contributed by atoms with Crippen LogP contribution in [0.3, 0.4) is 0 Å². The lowest BCUT2D eigenvalue weighted by atomic mass is 9.87. The lowest BCUT2D eigenvalue weighted by Crippen LogP contribution is -1.97. The van der Waals surface area contributed by atoms with Gasteiger partial charge in [0.2, 0.25) is 0 Å². The van der Waals surface area contributed by atoms with Crippen LogP contribution in [0.2, 0.25) is 0 Å². The molecule has 0 bridgehead atoms. The van der Waals surface area contributed by atoms with E-state index in [2.05, 4.69) is 93.1 Å². The number of hydrogen-bond acceptors (Lipinski definition) is 2. The van der Waals surface area contributed by atoms with E-state index in [1.807, 2.05) is 24.8 Å². The van der Waals surface area contributed by atoms with Crippen molar-refractivity contribution in [3.05, 3.63) is 95.6 Å². The molecule has 0 aliphatic carbocycles. The van der Waals surface area contributed by atoms with Gasteiger partial charge in [-0.3, -0.25) is 9.97 Å². The fourth-order valence-corrected chi connectivity index (χ4v) is 4.14. The summed E-state index contributed by atoms with van der Waals surface area (Å²) in [5.74, 6) is 0.445. The van der Waals surface area contributed by atoms with Crippen LogP contribution < -0.4 is 0 Å². The minimum atomic E-state index is 0.445.